The summed E-state index contributed by atoms with van der Waals surface area (Å²) < 4.78 is 5.47. The second-order valence-corrected chi connectivity index (χ2v) is 4.49. The molecular weight excluding hydrogens is 254 g/mol. The first-order valence-electron chi connectivity index (χ1n) is 6.39. The van der Waals surface area contributed by atoms with E-state index in [0.29, 0.717) is 11.6 Å². The third-order valence-electron chi connectivity index (χ3n) is 2.38. The van der Waals surface area contributed by atoms with Gasteiger partial charge < -0.3 is 15.4 Å². The lowest BCUT2D eigenvalue weighted by Gasteiger charge is -2.11. The van der Waals surface area contributed by atoms with Gasteiger partial charge in [0.05, 0.1) is 6.10 Å². The van der Waals surface area contributed by atoms with Crippen LogP contribution in [0.25, 0.3) is 0 Å². The van der Waals surface area contributed by atoms with Crippen LogP contribution in [0.4, 0.5) is 16.2 Å². The van der Waals surface area contributed by atoms with E-state index in [1.807, 2.05) is 44.2 Å². The molecule has 1 heterocycles. The maximum atomic E-state index is 11.8. The van der Waals surface area contributed by atoms with Gasteiger partial charge >= 0.3 is 6.03 Å². The SMILES string of the molecule is CC(C)Oc1cc(NC(=O)Nc2ccccc2)ccn1. The number of hydrogen-bond acceptors (Lipinski definition) is 3. The van der Waals surface area contributed by atoms with Crippen molar-refractivity contribution in [2.24, 2.45) is 0 Å². The quantitative estimate of drug-likeness (QED) is 0.894. The number of urea groups is 1. The highest BCUT2D eigenvalue weighted by atomic mass is 16.5. The van der Waals surface area contributed by atoms with Crippen molar-refractivity contribution in [1.82, 2.24) is 4.98 Å². The smallest absolute Gasteiger partial charge is 0.323 e. The predicted molar refractivity (Wildman–Crippen MR) is 79.1 cm³/mol. The standard InChI is InChI=1S/C15H17N3O2/c1-11(2)20-14-10-13(8-9-16-14)18-15(19)17-12-6-4-3-5-7-12/h3-11H,1-2H3,(H2,16,17,18,19). The number of carbonyl (C=O) groups is 1. The minimum atomic E-state index is -0.308. The molecule has 0 fully saturated rings. The van der Waals surface area contributed by atoms with Crippen LogP contribution in [0.15, 0.2) is 48.7 Å². The number of nitrogens with zero attached hydrogens (tertiary/aromatic N) is 1. The number of ether oxygens (including phenoxy) is 1. The van der Waals surface area contributed by atoms with E-state index in [0.717, 1.165) is 5.69 Å². The van der Waals surface area contributed by atoms with Gasteiger partial charge in [0.15, 0.2) is 0 Å². The molecule has 0 radical (unpaired) electrons. The summed E-state index contributed by atoms with van der Waals surface area (Å²) >= 11 is 0. The fourth-order valence-electron chi connectivity index (χ4n) is 1.61. The van der Waals surface area contributed by atoms with Gasteiger partial charge in [0.2, 0.25) is 5.88 Å². The molecule has 2 aromatic rings. The first-order valence-corrected chi connectivity index (χ1v) is 6.39. The van der Waals surface area contributed by atoms with Gasteiger partial charge in [-0.05, 0) is 32.0 Å². The molecule has 1 aromatic carbocycles. The average molecular weight is 271 g/mol. The Balaban J connectivity index is 1.97. The maximum Gasteiger partial charge on any atom is 0.323 e. The number of carbonyl (C=O) groups excluding carboxylic acids is 1. The van der Waals surface area contributed by atoms with E-state index in [1.54, 1.807) is 18.3 Å². The third-order valence-corrected chi connectivity index (χ3v) is 2.38. The van der Waals surface area contributed by atoms with Crippen LogP contribution in [0.2, 0.25) is 0 Å². The first-order chi connectivity index (χ1) is 9.63. The Labute approximate surface area is 118 Å². The largest absolute Gasteiger partial charge is 0.475 e. The molecule has 20 heavy (non-hydrogen) atoms. The minimum Gasteiger partial charge on any atom is -0.475 e. The number of para-hydroxylation sites is 1. The van der Waals surface area contributed by atoms with Crippen molar-refractivity contribution in [2.75, 3.05) is 10.6 Å². The molecule has 0 aliphatic carbocycles. The molecule has 0 unspecified atom stereocenters. The van der Waals surface area contributed by atoms with Crippen LogP contribution in [-0.2, 0) is 0 Å². The molecule has 104 valence electrons. The van der Waals surface area contributed by atoms with E-state index in [4.69, 9.17) is 4.74 Å². The summed E-state index contributed by atoms with van der Waals surface area (Å²) in [6, 6.07) is 12.3. The van der Waals surface area contributed by atoms with Crippen molar-refractivity contribution in [2.45, 2.75) is 20.0 Å². The number of anilines is 2. The van der Waals surface area contributed by atoms with Gasteiger partial charge in [0.1, 0.15) is 0 Å². The number of pyridine rings is 1. The summed E-state index contributed by atoms with van der Waals surface area (Å²) in [5, 5.41) is 5.47. The van der Waals surface area contributed by atoms with E-state index < -0.39 is 0 Å². The molecule has 2 amide bonds. The van der Waals surface area contributed by atoms with Crippen molar-refractivity contribution in [3.8, 4) is 5.88 Å². The van der Waals surface area contributed by atoms with Gasteiger partial charge in [0.25, 0.3) is 0 Å². The zero-order valence-corrected chi connectivity index (χ0v) is 11.5. The van der Waals surface area contributed by atoms with E-state index in [1.165, 1.54) is 0 Å². The molecule has 1 aromatic heterocycles. The summed E-state index contributed by atoms with van der Waals surface area (Å²) in [5.74, 6) is 0.484. The van der Waals surface area contributed by atoms with Crippen molar-refractivity contribution in [3.05, 3.63) is 48.7 Å². The van der Waals surface area contributed by atoms with Gasteiger partial charge in [-0.1, -0.05) is 18.2 Å². The molecule has 0 aliphatic rings. The Morgan fingerprint density at radius 2 is 1.80 bits per heavy atom. The zero-order chi connectivity index (χ0) is 14.4. The maximum absolute atomic E-state index is 11.8. The summed E-state index contributed by atoms with van der Waals surface area (Å²) in [6.07, 6.45) is 1.63. The Kier molecular flexibility index (Phi) is 4.55. The third kappa shape index (κ3) is 4.28. The number of rotatable bonds is 4. The molecule has 0 saturated carbocycles. The number of nitrogens with one attached hydrogen (secondary N) is 2. The molecule has 0 spiro atoms. The lowest BCUT2D eigenvalue weighted by atomic mass is 10.3. The van der Waals surface area contributed by atoms with Crippen LogP contribution >= 0.6 is 0 Å². The van der Waals surface area contributed by atoms with Gasteiger partial charge in [-0.25, -0.2) is 9.78 Å². The molecule has 0 aliphatic heterocycles. The second-order valence-electron chi connectivity index (χ2n) is 4.49. The van der Waals surface area contributed by atoms with Gasteiger partial charge in [-0.2, -0.15) is 0 Å². The van der Waals surface area contributed by atoms with E-state index in [9.17, 15) is 4.79 Å². The molecule has 0 bridgehead atoms. The Hall–Kier alpha value is -2.56. The summed E-state index contributed by atoms with van der Waals surface area (Å²) in [5.41, 5.74) is 1.36. The number of benzene rings is 1. The van der Waals surface area contributed by atoms with Crippen molar-refractivity contribution < 1.29 is 9.53 Å². The average Bonchev–Trinajstić information content (AvgIpc) is 2.39. The minimum absolute atomic E-state index is 0.0379. The summed E-state index contributed by atoms with van der Waals surface area (Å²) in [6.45, 7) is 3.84. The fourth-order valence-corrected chi connectivity index (χ4v) is 1.61. The van der Waals surface area contributed by atoms with Crippen LogP contribution in [-0.4, -0.2) is 17.1 Å². The lowest BCUT2D eigenvalue weighted by Crippen LogP contribution is -2.19. The van der Waals surface area contributed by atoms with Gasteiger partial charge in [0, 0.05) is 23.6 Å². The molecule has 5 heteroatoms. The van der Waals surface area contributed by atoms with Gasteiger partial charge in [-0.15, -0.1) is 0 Å². The number of amides is 2. The number of hydrogen-bond donors (Lipinski definition) is 2. The van der Waals surface area contributed by atoms with Crippen molar-refractivity contribution in [1.29, 1.82) is 0 Å². The van der Waals surface area contributed by atoms with Gasteiger partial charge in [-0.3, -0.25) is 0 Å². The van der Waals surface area contributed by atoms with E-state index in [-0.39, 0.29) is 12.1 Å². The topological polar surface area (TPSA) is 63.2 Å². The van der Waals surface area contributed by atoms with E-state index >= 15 is 0 Å². The Bertz CT molecular complexity index is 570. The first kappa shape index (κ1) is 13.9. The molecule has 2 rings (SSSR count). The molecule has 0 atom stereocenters. The van der Waals surface area contributed by atoms with Crippen LogP contribution in [0.1, 0.15) is 13.8 Å². The highest BCUT2D eigenvalue weighted by Crippen LogP contribution is 2.15. The van der Waals surface area contributed by atoms with E-state index in [2.05, 4.69) is 15.6 Å². The van der Waals surface area contributed by atoms with Crippen LogP contribution in [0, 0.1) is 0 Å². The van der Waals surface area contributed by atoms with Crippen LogP contribution in [0.3, 0.4) is 0 Å². The molecular formula is C15H17N3O2. The van der Waals surface area contributed by atoms with Crippen LogP contribution in [0.5, 0.6) is 5.88 Å². The highest BCUT2D eigenvalue weighted by molar-refractivity contribution is 5.99. The molecule has 0 saturated heterocycles. The monoisotopic (exact) mass is 271 g/mol. The summed E-state index contributed by atoms with van der Waals surface area (Å²) in [4.78, 5) is 15.9. The fraction of sp³-hybridized carbons (Fsp3) is 0.200. The van der Waals surface area contributed by atoms with Crippen LogP contribution < -0.4 is 15.4 Å². The highest BCUT2D eigenvalue weighted by Gasteiger charge is 2.05. The second kappa shape index (κ2) is 6.56. The summed E-state index contributed by atoms with van der Waals surface area (Å²) in [7, 11) is 0. The van der Waals surface area contributed by atoms with Crippen molar-refractivity contribution in [3.63, 3.8) is 0 Å². The number of aromatic nitrogens is 1. The lowest BCUT2D eigenvalue weighted by molar-refractivity contribution is 0.233. The Morgan fingerprint density at radius 1 is 1.10 bits per heavy atom. The molecule has 2 N–H and O–H groups in total. The molecule has 5 nitrogen and oxygen atoms in total. The Morgan fingerprint density at radius 3 is 2.50 bits per heavy atom. The normalized spacial score (nSPS) is 10.2. The zero-order valence-electron chi connectivity index (χ0n) is 11.5. The predicted octanol–water partition coefficient (Wildman–Crippen LogP) is 3.51. The van der Waals surface area contributed by atoms with Crippen molar-refractivity contribution >= 4 is 17.4 Å².